The van der Waals surface area contributed by atoms with Gasteiger partial charge in [-0.25, -0.2) is 0 Å². The maximum absolute atomic E-state index is 6.03. The molecule has 0 radical (unpaired) electrons. The molecule has 98 valence electrons. The van der Waals surface area contributed by atoms with Crippen molar-refractivity contribution in [2.24, 2.45) is 29.4 Å². The van der Waals surface area contributed by atoms with E-state index in [2.05, 4.69) is 28.1 Å². The van der Waals surface area contributed by atoms with E-state index in [1.165, 1.54) is 35.9 Å². The third kappa shape index (κ3) is 1.60. The van der Waals surface area contributed by atoms with Crippen molar-refractivity contribution >= 4 is 27.3 Å². The first-order chi connectivity index (χ1) is 8.70. The Kier molecular flexibility index (Phi) is 2.69. The molecule has 2 unspecified atom stereocenters. The van der Waals surface area contributed by atoms with Gasteiger partial charge in [0, 0.05) is 10.3 Å². The lowest BCUT2D eigenvalue weighted by atomic mass is 9.46. The average Bonchev–Trinajstić information content (AvgIpc) is 2.76. The first-order valence-corrected chi connectivity index (χ1v) is 8.77. The standard InChI is InChI=1S/C15H20BrNS/c16-14-2-1-13(18-14)15-5-9-3-10(6-15)12(8-17)11(4-9)7-15/h1-2,9-12H,3-8,17H2. The zero-order chi connectivity index (χ0) is 12.3. The Morgan fingerprint density at radius 2 is 1.94 bits per heavy atom. The molecule has 18 heavy (non-hydrogen) atoms. The van der Waals surface area contributed by atoms with Crippen molar-refractivity contribution in [3.8, 4) is 0 Å². The molecule has 5 rings (SSSR count). The summed E-state index contributed by atoms with van der Waals surface area (Å²) in [6.45, 7) is 0.923. The SMILES string of the molecule is NCC1C2CC3CC1CC(c1ccc(Br)s1)(C3)C2. The highest BCUT2D eigenvalue weighted by Gasteiger charge is 2.55. The van der Waals surface area contributed by atoms with Gasteiger partial charge in [0.2, 0.25) is 0 Å². The quantitative estimate of drug-likeness (QED) is 0.867. The van der Waals surface area contributed by atoms with E-state index in [4.69, 9.17) is 5.73 Å². The number of nitrogens with two attached hydrogens (primary N) is 1. The fourth-order valence-corrected chi connectivity index (χ4v) is 7.02. The van der Waals surface area contributed by atoms with E-state index in [-0.39, 0.29) is 0 Å². The van der Waals surface area contributed by atoms with Crippen molar-refractivity contribution in [1.82, 2.24) is 0 Å². The summed E-state index contributed by atoms with van der Waals surface area (Å²) < 4.78 is 1.30. The third-order valence-electron chi connectivity index (χ3n) is 5.84. The smallest absolute Gasteiger partial charge is 0.0701 e. The van der Waals surface area contributed by atoms with Crippen LogP contribution in [0.5, 0.6) is 0 Å². The number of hydrogen-bond donors (Lipinski definition) is 1. The zero-order valence-corrected chi connectivity index (χ0v) is 13.0. The summed E-state index contributed by atoms with van der Waals surface area (Å²) in [4.78, 5) is 1.64. The number of halogens is 1. The van der Waals surface area contributed by atoms with Crippen LogP contribution in [0.15, 0.2) is 15.9 Å². The van der Waals surface area contributed by atoms with Crippen molar-refractivity contribution in [3.63, 3.8) is 0 Å². The van der Waals surface area contributed by atoms with Crippen LogP contribution in [0.2, 0.25) is 0 Å². The topological polar surface area (TPSA) is 26.0 Å². The molecule has 0 spiro atoms. The molecular formula is C15H20BrNS. The highest BCUT2D eigenvalue weighted by molar-refractivity contribution is 9.11. The van der Waals surface area contributed by atoms with E-state index in [9.17, 15) is 0 Å². The van der Waals surface area contributed by atoms with Crippen molar-refractivity contribution < 1.29 is 0 Å². The summed E-state index contributed by atoms with van der Waals surface area (Å²) in [7, 11) is 0. The van der Waals surface area contributed by atoms with Crippen LogP contribution >= 0.6 is 27.3 Å². The molecule has 4 saturated carbocycles. The van der Waals surface area contributed by atoms with Gasteiger partial charge in [-0.1, -0.05) is 0 Å². The van der Waals surface area contributed by atoms with Crippen molar-refractivity contribution in [3.05, 3.63) is 20.8 Å². The summed E-state index contributed by atoms with van der Waals surface area (Å²) in [5.41, 5.74) is 6.56. The fraction of sp³-hybridized carbons (Fsp3) is 0.733. The molecule has 0 amide bonds. The lowest BCUT2D eigenvalue weighted by Crippen LogP contribution is -2.54. The molecular weight excluding hydrogens is 306 g/mol. The second-order valence-electron chi connectivity index (χ2n) is 6.75. The molecule has 2 N–H and O–H groups in total. The van der Waals surface area contributed by atoms with Crippen LogP contribution in [0, 0.1) is 23.7 Å². The third-order valence-corrected chi connectivity index (χ3v) is 7.71. The molecule has 0 saturated heterocycles. The maximum Gasteiger partial charge on any atom is 0.0701 e. The molecule has 4 fully saturated rings. The number of thiophene rings is 1. The Morgan fingerprint density at radius 1 is 1.22 bits per heavy atom. The van der Waals surface area contributed by atoms with Gasteiger partial charge in [0.05, 0.1) is 3.79 Å². The second kappa shape index (κ2) is 4.07. The summed E-state index contributed by atoms with van der Waals surface area (Å²) >= 11 is 5.61. The highest BCUT2D eigenvalue weighted by Crippen LogP contribution is 2.63. The van der Waals surface area contributed by atoms with Gasteiger partial charge in [0.15, 0.2) is 0 Å². The monoisotopic (exact) mass is 325 g/mol. The minimum Gasteiger partial charge on any atom is -0.330 e. The van der Waals surface area contributed by atoms with E-state index < -0.39 is 0 Å². The maximum atomic E-state index is 6.03. The molecule has 0 aromatic carbocycles. The fourth-order valence-electron chi connectivity index (χ4n) is 5.42. The predicted octanol–water partition coefficient (Wildman–Crippen LogP) is 4.16. The van der Waals surface area contributed by atoms with Crippen LogP contribution in [-0.4, -0.2) is 6.54 Å². The molecule has 4 aliphatic carbocycles. The zero-order valence-electron chi connectivity index (χ0n) is 10.6. The Balaban J connectivity index is 1.72. The average molecular weight is 326 g/mol. The van der Waals surface area contributed by atoms with Crippen molar-refractivity contribution in [2.45, 2.75) is 37.5 Å². The number of hydrogen-bond acceptors (Lipinski definition) is 2. The molecule has 1 nitrogen and oxygen atoms in total. The van der Waals surface area contributed by atoms with Crippen LogP contribution in [-0.2, 0) is 5.41 Å². The van der Waals surface area contributed by atoms with E-state index in [0.717, 1.165) is 30.2 Å². The Bertz CT molecular complexity index is 453. The molecule has 2 atom stereocenters. The number of rotatable bonds is 2. The summed E-state index contributed by atoms with van der Waals surface area (Å²) in [5.74, 6) is 3.66. The molecule has 3 heteroatoms. The summed E-state index contributed by atoms with van der Waals surface area (Å²) in [6.07, 6.45) is 7.20. The van der Waals surface area contributed by atoms with E-state index in [1.807, 2.05) is 11.3 Å². The Labute approximate surface area is 121 Å². The van der Waals surface area contributed by atoms with Gasteiger partial charge in [0.1, 0.15) is 0 Å². The molecule has 1 heterocycles. The van der Waals surface area contributed by atoms with Crippen LogP contribution in [0.25, 0.3) is 0 Å². The van der Waals surface area contributed by atoms with Gasteiger partial charge >= 0.3 is 0 Å². The van der Waals surface area contributed by atoms with Gasteiger partial charge in [-0.2, -0.15) is 0 Å². The predicted molar refractivity (Wildman–Crippen MR) is 79.8 cm³/mol. The molecule has 1 aromatic heterocycles. The lowest BCUT2D eigenvalue weighted by molar-refractivity contribution is -0.0510. The van der Waals surface area contributed by atoms with Gasteiger partial charge in [0.25, 0.3) is 0 Å². The van der Waals surface area contributed by atoms with Gasteiger partial charge in [-0.15, -0.1) is 11.3 Å². The van der Waals surface area contributed by atoms with Crippen molar-refractivity contribution in [1.29, 1.82) is 0 Å². The summed E-state index contributed by atoms with van der Waals surface area (Å²) in [5, 5.41) is 0. The van der Waals surface area contributed by atoms with Crippen LogP contribution in [0.3, 0.4) is 0 Å². The Morgan fingerprint density at radius 3 is 2.50 bits per heavy atom. The van der Waals surface area contributed by atoms with E-state index in [1.54, 1.807) is 4.88 Å². The van der Waals surface area contributed by atoms with Crippen LogP contribution in [0.4, 0.5) is 0 Å². The van der Waals surface area contributed by atoms with Gasteiger partial charge < -0.3 is 5.73 Å². The highest BCUT2D eigenvalue weighted by atomic mass is 79.9. The molecule has 4 aliphatic rings. The van der Waals surface area contributed by atoms with Crippen LogP contribution in [0.1, 0.15) is 37.0 Å². The first kappa shape index (κ1) is 11.9. The van der Waals surface area contributed by atoms with E-state index >= 15 is 0 Å². The normalized spacial score (nSPS) is 45.7. The van der Waals surface area contributed by atoms with Gasteiger partial charge in [-0.3, -0.25) is 0 Å². The lowest BCUT2D eigenvalue weighted by Gasteiger charge is -2.60. The van der Waals surface area contributed by atoms with E-state index in [0.29, 0.717) is 5.41 Å². The minimum atomic E-state index is 0.527. The molecule has 0 aliphatic heterocycles. The minimum absolute atomic E-state index is 0.527. The first-order valence-electron chi connectivity index (χ1n) is 7.16. The van der Waals surface area contributed by atoms with Crippen molar-refractivity contribution in [2.75, 3.05) is 6.54 Å². The second-order valence-corrected chi connectivity index (χ2v) is 9.22. The Hall–Kier alpha value is 0.140. The molecule has 4 bridgehead atoms. The van der Waals surface area contributed by atoms with Gasteiger partial charge in [-0.05, 0) is 90.4 Å². The molecule has 1 aromatic rings. The summed E-state index contributed by atoms with van der Waals surface area (Å²) in [6, 6.07) is 4.61. The largest absolute Gasteiger partial charge is 0.330 e. The van der Waals surface area contributed by atoms with Crippen LogP contribution < -0.4 is 5.73 Å².